The molecular formula is C8H5ClN2O2. The van der Waals surface area contributed by atoms with Crippen LogP contribution in [0.15, 0.2) is 24.3 Å². The van der Waals surface area contributed by atoms with Gasteiger partial charge in [-0.2, -0.15) is 5.26 Å². The van der Waals surface area contributed by atoms with Gasteiger partial charge in [-0.1, -0.05) is 12.1 Å². The molecule has 0 N–H and O–H groups in total. The van der Waals surface area contributed by atoms with Crippen LogP contribution in [-0.4, -0.2) is 4.92 Å². The van der Waals surface area contributed by atoms with Gasteiger partial charge in [-0.25, -0.2) is 0 Å². The number of nitriles is 1. The third-order valence-corrected chi connectivity index (χ3v) is 1.84. The number of halogens is 1. The Morgan fingerprint density at radius 3 is 2.85 bits per heavy atom. The van der Waals surface area contributed by atoms with Gasteiger partial charge in [-0.3, -0.25) is 10.1 Å². The van der Waals surface area contributed by atoms with E-state index in [1.807, 2.05) is 0 Å². The molecule has 1 atom stereocenters. The molecule has 0 spiro atoms. The number of non-ortho nitro benzene ring substituents is 1. The minimum absolute atomic E-state index is 0.0570. The third kappa shape index (κ3) is 2.17. The van der Waals surface area contributed by atoms with Crippen molar-refractivity contribution in [2.24, 2.45) is 0 Å². The second-order valence-corrected chi connectivity index (χ2v) is 2.78. The first-order valence-electron chi connectivity index (χ1n) is 3.43. The summed E-state index contributed by atoms with van der Waals surface area (Å²) in [6.07, 6.45) is 0. The number of hydrogen-bond acceptors (Lipinski definition) is 3. The molecule has 0 radical (unpaired) electrons. The number of nitro benzene ring substituents is 1. The van der Waals surface area contributed by atoms with Crippen molar-refractivity contribution in [1.29, 1.82) is 5.26 Å². The Kier molecular flexibility index (Phi) is 2.83. The van der Waals surface area contributed by atoms with E-state index in [2.05, 4.69) is 0 Å². The summed E-state index contributed by atoms with van der Waals surface area (Å²) < 4.78 is 0. The molecule has 66 valence electrons. The number of rotatable bonds is 2. The number of nitrogens with zero attached hydrogens (tertiary/aromatic N) is 2. The summed E-state index contributed by atoms with van der Waals surface area (Å²) in [5, 5.41) is 18.0. The van der Waals surface area contributed by atoms with Crippen molar-refractivity contribution in [1.82, 2.24) is 0 Å². The predicted molar refractivity (Wildman–Crippen MR) is 47.3 cm³/mol. The zero-order chi connectivity index (χ0) is 9.84. The second-order valence-electron chi connectivity index (χ2n) is 2.34. The first kappa shape index (κ1) is 9.49. The first-order valence-corrected chi connectivity index (χ1v) is 3.87. The van der Waals surface area contributed by atoms with Gasteiger partial charge in [0.05, 0.1) is 11.0 Å². The second kappa shape index (κ2) is 3.87. The van der Waals surface area contributed by atoms with Gasteiger partial charge in [0.2, 0.25) is 0 Å². The molecule has 1 aromatic rings. The largest absolute Gasteiger partial charge is 0.269 e. The minimum atomic E-state index is -0.833. The lowest BCUT2D eigenvalue weighted by atomic mass is 10.1. The minimum Gasteiger partial charge on any atom is -0.258 e. The Hall–Kier alpha value is -1.60. The van der Waals surface area contributed by atoms with Crippen molar-refractivity contribution in [3.05, 3.63) is 39.9 Å². The van der Waals surface area contributed by atoms with E-state index in [9.17, 15) is 10.1 Å². The zero-order valence-corrected chi connectivity index (χ0v) is 7.23. The standard InChI is InChI=1S/C8H5ClN2O2/c9-8(5-10)6-2-1-3-7(4-6)11(12)13/h1-4,8H. The quantitative estimate of drug-likeness (QED) is 0.414. The SMILES string of the molecule is N#CC(Cl)c1cccc([N+](=O)[O-])c1. The van der Waals surface area contributed by atoms with E-state index in [0.29, 0.717) is 5.56 Å². The molecule has 0 aliphatic carbocycles. The molecule has 0 heterocycles. The van der Waals surface area contributed by atoms with E-state index in [4.69, 9.17) is 16.9 Å². The van der Waals surface area contributed by atoms with Crippen LogP contribution in [0.1, 0.15) is 10.9 Å². The summed E-state index contributed by atoms with van der Waals surface area (Å²) in [6, 6.07) is 7.51. The van der Waals surface area contributed by atoms with E-state index in [0.717, 1.165) is 0 Å². The molecule has 0 saturated heterocycles. The topological polar surface area (TPSA) is 66.9 Å². The highest BCUT2D eigenvalue weighted by molar-refractivity contribution is 6.22. The Morgan fingerprint density at radius 1 is 1.62 bits per heavy atom. The van der Waals surface area contributed by atoms with Crippen LogP contribution < -0.4 is 0 Å². The Bertz CT molecular complexity index is 373. The fraction of sp³-hybridized carbons (Fsp3) is 0.125. The van der Waals surface area contributed by atoms with Gasteiger partial charge in [0, 0.05) is 12.1 Å². The lowest BCUT2D eigenvalue weighted by molar-refractivity contribution is -0.384. The van der Waals surface area contributed by atoms with Gasteiger partial charge in [-0.15, -0.1) is 11.6 Å². The number of hydrogen-bond donors (Lipinski definition) is 0. The van der Waals surface area contributed by atoms with E-state index < -0.39 is 10.3 Å². The van der Waals surface area contributed by atoms with E-state index in [1.165, 1.54) is 18.2 Å². The van der Waals surface area contributed by atoms with Crippen molar-refractivity contribution in [2.75, 3.05) is 0 Å². The lowest BCUT2D eigenvalue weighted by Crippen LogP contribution is -1.91. The molecule has 0 aliphatic rings. The van der Waals surface area contributed by atoms with Crippen molar-refractivity contribution < 1.29 is 4.92 Å². The molecule has 5 heteroatoms. The molecule has 0 aromatic heterocycles. The summed E-state index contributed by atoms with van der Waals surface area (Å²) >= 11 is 5.58. The Balaban J connectivity index is 3.07. The highest BCUT2D eigenvalue weighted by Crippen LogP contribution is 2.22. The first-order chi connectivity index (χ1) is 6.15. The van der Waals surface area contributed by atoms with Crippen molar-refractivity contribution in [3.63, 3.8) is 0 Å². The zero-order valence-electron chi connectivity index (χ0n) is 6.48. The molecular weight excluding hydrogens is 192 g/mol. The number of benzene rings is 1. The fourth-order valence-corrected chi connectivity index (χ4v) is 1.01. The average molecular weight is 197 g/mol. The average Bonchev–Trinajstić information content (AvgIpc) is 2.17. The molecule has 0 fully saturated rings. The van der Waals surface area contributed by atoms with Crippen LogP contribution in [0.25, 0.3) is 0 Å². The summed E-state index contributed by atoms with van der Waals surface area (Å²) in [5.41, 5.74) is 0.386. The van der Waals surface area contributed by atoms with Gasteiger partial charge >= 0.3 is 0 Å². The normalized spacial score (nSPS) is 11.7. The number of nitro groups is 1. The Labute approximate surface area is 79.5 Å². The third-order valence-electron chi connectivity index (χ3n) is 1.49. The van der Waals surface area contributed by atoms with Crippen LogP contribution in [0.2, 0.25) is 0 Å². The molecule has 0 amide bonds. The van der Waals surface area contributed by atoms with Crippen LogP contribution in [0.5, 0.6) is 0 Å². The molecule has 4 nitrogen and oxygen atoms in total. The molecule has 1 rings (SSSR count). The van der Waals surface area contributed by atoms with Gasteiger partial charge in [0.25, 0.3) is 5.69 Å². The predicted octanol–water partition coefficient (Wildman–Crippen LogP) is 2.40. The summed E-state index contributed by atoms with van der Waals surface area (Å²) in [6.45, 7) is 0. The van der Waals surface area contributed by atoms with Crippen LogP contribution in [-0.2, 0) is 0 Å². The van der Waals surface area contributed by atoms with Crippen LogP contribution in [0.3, 0.4) is 0 Å². The molecule has 0 saturated carbocycles. The van der Waals surface area contributed by atoms with Crippen LogP contribution >= 0.6 is 11.6 Å². The van der Waals surface area contributed by atoms with Gasteiger partial charge in [-0.05, 0) is 5.56 Å². The smallest absolute Gasteiger partial charge is 0.258 e. The maximum Gasteiger partial charge on any atom is 0.269 e. The van der Waals surface area contributed by atoms with Gasteiger partial charge in [0.1, 0.15) is 5.38 Å². The number of alkyl halides is 1. The monoisotopic (exact) mass is 196 g/mol. The van der Waals surface area contributed by atoms with Crippen molar-refractivity contribution in [2.45, 2.75) is 5.38 Å². The van der Waals surface area contributed by atoms with Crippen molar-refractivity contribution in [3.8, 4) is 6.07 Å². The molecule has 13 heavy (non-hydrogen) atoms. The summed E-state index contributed by atoms with van der Waals surface area (Å²) in [7, 11) is 0. The Morgan fingerprint density at radius 2 is 2.31 bits per heavy atom. The van der Waals surface area contributed by atoms with Crippen LogP contribution in [0.4, 0.5) is 5.69 Å². The maximum atomic E-state index is 10.3. The highest BCUT2D eigenvalue weighted by atomic mass is 35.5. The molecule has 0 aliphatic heterocycles. The molecule has 1 aromatic carbocycles. The summed E-state index contributed by atoms with van der Waals surface area (Å²) in [4.78, 5) is 9.82. The van der Waals surface area contributed by atoms with E-state index in [-0.39, 0.29) is 5.69 Å². The molecule has 1 unspecified atom stereocenters. The van der Waals surface area contributed by atoms with Crippen LogP contribution in [0, 0.1) is 21.4 Å². The summed E-state index contributed by atoms with van der Waals surface area (Å²) in [5.74, 6) is 0. The fourth-order valence-electron chi connectivity index (χ4n) is 0.871. The van der Waals surface area contributed by atoms with E-state index in [1.54, 1.807) is 12.1 Å². The highest BCUT2D eigenvalue weighted by Gasteiger charge is 2.10. The maximum absolute atomic E-state index is 10.3. The van der Waals surface area contributed by atoms with Gasteiger partial charge in [0.15, 0.2) is 0 Å². The molecule has 0 bridgehead atoms. The lowest BCUT2D eigenvalue weighted by Gasteiger charge is -1.99. The van der Waals surface area contributed by atoms with Gasteiger partial charge < -0.3 is 0 Å². The van der Waals surface area contributed by atoms with E-state index >= 15 is 0 Å². The van der Waals surface area contributed by atoms with Crippen molar-refractivity contribution >= 4 is 17.3 Å².